The SMILES string of the molecule is CCOC(C)(C#N)C(C)CC. The van der Waals surface area contributed by atoms with Crippen LogP contribution in [0, 0.1) is 17.2 Å². The highest BCUT2D eigenvalue weighted by molar-refractivity contribution is 5.01. The predicted molar refractivity (Wildman–Crippen MR) is 45.1 cm³/mol. The number of hydrogen-bond acceptors (Lipinski definition) is 2. The number of ether oxygens (including phenoxy) is 1. The van der Waals surface area contributed by atoms with Crippen molar-refractivity contribution in [2.24, 2.45) is 5.92 Å². The lowest BCUT2D eigenvalue weighted by Crippen LogP contribution is -2.34. The lowest BCUT2D eigenvalue weighted by atomic mass is 9.90. The Morgan fingerprint density at radius 2 is 2.09 bits per heavy atom. The Hall–Kier alpha value is -0.550. The third-order valence-electron chi connectivity index (χ3n) is 2.22. The van der Waals surface area contributed by atoms with Crippen LogP contribution in [0.2, 0.25) is 0 Å². The fraction of sp³-hybridized carbons (Fsp3) is 0.889. The highest BCUT2D eigenvalue weighted by Crippen LogP contribution is 2.23. The maximum Gasteiger partial charge on any atom is 0.153 e. The maximum atomic E-state index is 8.84. The molecule has 2 heteroatoms. The van der Waals surface area contributed by atoms with E-state index in [1.165, 1.54) is 0 Å². The van der Waals surface area contributed by atoms with Crippen LogP contribution >= 0.6 is 0 Å². The van der Waals surface area contributed by atoms with E-state index in [1.807, 2.05) is 20.8 Å². The first kappa shape index (κ1) is 10.4. The van der Waals surface area contributed by atoms with Crippen molar-refractivity contribution in [3.05, 3.63) is 0 Å². The van der Waals surface area contributed by atoms with Crippen molar-refractivity contribution in [1.29, 1.82) is 5.26 Å². The smallest absolute Gasteiger partial charge is 0.153 e. The van der Waals surface area contributed by atoms with Gasteiger partial charge in [-0.25, -0.2) is 0 Å². The molecular formula is C9H17NO. The summed E-state index contributed by atoms with van der Waals surface area (Å²) in [5.41, 5.74) is -0.594. The zero-order valence-corrected chi connectivity index (χ0v) is 7.85. The molecule has 0 aliphatic heterocycles. The standard InChI is InChI=1S/C9H17NO/c1-5-8(3)9(4,7-10)11-6-2/h8H,5-6H2,1-4H3. The first-order valence-electron chi connectivity index (χ1n) is 4.15. The molecule has 0 fully saturated rings. The Bertz CT molecular complexity index is 150. The molecule has 0 aliphatic rings. The Balaban J connectivity index is 4.22. The van der Waals surface area contributed by atoms with Crippen LogP contribution in [-0.2, 0) is 4.74 Å². The summed E-state index contributed by atoms with van der Waals surface area (Å²) in [6, 6.07) is 2.21. The van der Waals surface area contributed by atoms with Crippen molar-refractivity contribution < 1.29 is 4.74 Å². The van der Waals surface area contributed by atoms with Crippen molar-refractivity contribution in [3.8, 4) is 6.07 Å². The quantitative estimate of drug-likeness (QED) is 0.624. The number of rotatable bonds is 4. The van der Waals surface area contributed by atoms with E-state index in [0.717, 1.165) is 6.42 Å². The van der Waals surface area contributed by atoms with E-state index in [2.05, 4.69) is 13.0 Å². The van der Waals surface area contributed by atoms with Gasteiger partial charge >= 0.3 is 0 Å². The number of nitrogens with zero attached hydrogens (tertiary/aromatic N) is 1. The van der Waals surface area contributed by atoms with Gasteiger partial charge < -0.3 is 4.74 Å². The molecule has 0 N–H and O–H groups in total. The first-order chi connectivity index (χ1) is 5.10. The van der Waals surface area contributed by atoms with E-state index in [9.17, 15) is 0 Å². The molecule has 0 radical (unpaired) electrons. The van der Waals surface area contributed by atoms with Crippen molar-refractivity contribution in [3.63, 3.8) is 0 Å². The van der Waals surface area contributed by atoms with Crippen LogP contribution in [0.3, 0.4) is 0 Å². The minimum atomic E-state index is -0.594. The molecule has 0 aromatic rings. The molecule has 2 unspecified atom stereocenters. The zero-order valence-electron chi connectivity index (χ0n) is 7.85. The van der Waals surface area contributed by atoms with E-state index in [-0.39, 0.29) is 0 Å². The summed E-state index contributed by atoms with van der Waals surface area (Å²) in [6.45, 7) is 8.48. The maximum absolute atomic E-state index is 8.84. The Kier molecular flexibility index (Phi) is 4.14. The van der Waals surface area contributed by atoms with E-state index in [1.54, 1.807) is 0 Å². The molecule has 0 heterocycles. The van der Waals surface area contributed by atoms with Gasteiger partial charge in [-0.3, -0.25) is 0 Å². The van der Waals surface area contributed by atoms with Gasteiger partial charge in [-0.2, -0.15) is 5.26 Å². The molecule has 0 amide bonds. The van der Waals surface area contributed by atoms with Crippen LogP contribution in [0.1, 0.15) is 34.1 Å². The molecule has 0 saturated heterocycles. The summed E-state index contributed by atoms with van der Waals surface area (Å²) < 4.78 is 5.37. The lowest BCUT2D eigenvalue weighted by Gasteiger charge is -2.27. The van der Waals surface area contributed by atoms with E-state index in [4.69, 9.17) is 10.00 Å². The summed E-state index contributed by atoms with van der Waals surface area (Å²) in [5.74, 6) is 0.299. The minimum absolute atomic E-state index is 0.299. The average molecular weight is 155 g/mol. The van der Waals surface area contributed by atoms with Gasteiger partial charge in [0.1, 0.15) is 0 Å². The summed E-state index contributed by atoms with van der Waals surface area (Å²) in [7, 11) is 0. The molecule has 0 saturated carbocycles. The average Bonchev–Trinajstić information content (AvgIpc) is 2.03. The molecule has 64 valence electrons. The molecule has 0 rings (SSSR count). The van der Waals surface area contributed by atoms with Crippen molar-refractivity contribution in [2.45, 2.75) is 39.7 Å². The van der Waals surface area contributed by atoms with Crippen molar-refractivity contribution in [1.82, 2.24) is 0 Å². The van der Waals surface area contributed by atoms with Crippen LogP contribution in [-0.4, -0.2) is 12.2 Å². The summed E-state index contributed by atoms with van der Waals surface area (Å²) in [4.78, 5) is 0. The zero-order chi connectivity index (χ0) is 8.91. The van der Waals surface area contributed by atoms with Crippen LogP contribution < -0.4 is 0 Å². The molecular weight excluding hydrogens is 138 g/mol. The van der Waals surface area contributed by atoms with Crippen LogP contribution in [0.25, 0.3) is 0 Å². The number of hydrogen-bond donors (Lipinski definition) is 0. The highest BCUT2D eigenvalue weighted by atomic mass is 16.5. The molecule has 0 aliphatic carbocycles. The van der Waals surface area contributed by atoms with Gasteiger partial charge in [0, 0.05) is 6.61 Å². The van der Waals surface area contributed by atoms with E-state index in [0.29, 0.717) is 12.5 Å². The topological polar surface area (TPSA) is 33.0 Å². The predicted octanol–water partition coefficient (Wildman–Crippen LogP) is 2.35. The van der Waals surface area contributed by atoms with E-state index >= 15 is 0 Å². The van der Waals surface area contributed by atoms with Gasteiger partial charge in [-0.1, -0.05) is 13.8 Å². The van der Waals surface area contributed by atoms with Gasteiger partial charge in [0.05, 0.1) is 6.07 Å². The number of nitriles is 1. The third-order valence-corrected chi connectivity index (χ3v) is 2.22. The normalized spacial score (nSPS) is 18.5. The van der Waals surface area contributed by atoms with Crippen LogP contribution in [0.4, 0.5) is 0 Å². The van der Waals surface area contributed by atoms with Gasteiger partial charge in [0.2, 0.25) is 0 Å². The summed E-state index contributed by atoms with van der Waals surface area (Å²) in [6.07, 6.45) is 0.976. The van der Waals surface area contributed by atoms with Gasteiger partial charge in [0.25, 0.3) is 0 Å². The third kappa shape index (κ3) is 2.51. The molecule has 0 bridgehead atoms. The van der Waals surface area contributed by atoms with Crippen molar-refractivity contribution >= 4 is 0 Å². The Morgan fingerprint density at radius 1 is 1.55 bits per heavy atom. The van der Waals surface area contributed by atoms with Gasteiger partial charge in [-0.15, -0.1) is 0 Å². The molecule has 2 atom stereocenters. The molecule has 0 aromatic heterocycles. The summed E-state index contributed by atoms with van der Waals surface area (Å²) in [5, 5.41) is 8.84. The molecule has 11 heavy (non-hydrogen) atoms. The minimum Gasteiger partial charge on any atom is -0.360 e. The second-order valence-corrected chi connectivity index (χ2v) is 2.96. The molecule has 0 aromatic carbocycles. The largest absolute Gasteiger partial charge is 0.360 e. The lowest BCUT2D eigenvalue weighted by molar-refractivity contribution is -0.0203. The molecule has 2 nitrogen and oxygen atoms in total. The van der Waals surface area contributed by atoms with Gasteiger partial charge in [0.15, 0.2) is 5.60 Å². The molecule has 0 spiro atoms. The second kappa shape index (κ2) is 4.35. The second-order valence-electron chi connectivity index (χ2n) is 2.96. The fourth-order valence-electron chi connectivity index (χ4n) is 0.974. The van der Waals surface area contributed by atoms with E-state index < -0.39 is 5.60 Å². The van der Waals surface area contributed by atoms with Gasteiger partial charge in [-0.05, 0) is 26.2 Å². The first-order valence-corrected chi connectivity index (χ1v) is 4.15. The Labute approximate surface area is 69.2 Å². The highest BCUT2D eigenvalue weighted by Gasteiger charge is 2.30. The summed E-state index contributed by atoms with van der Waals surface area (Å²) >= 11 is 0. The van der Waals surface area contributed by atoms with Crippen LogP contribution in [0.15, 0.2) is 0 Å². The van der Waals surface area contributed by atoms with Crippen LogP contribution in [0.5, 0.6) is 0 Å². The monoisotopic (exact) mass is 155 g/mol. The fourth-order valence-corrected chi connectivity index (χ4v) is 0.974. The van der Waals surface area contributed by atoms with Crippen molar-refractivity contribution in [2.75, 3.05) is 6.61 Å². The Morgan fingerprint density at radius 3 is 2.36 bits per heavy atom.